The van der Waals surface area contributed by atoms with Crippen molar-refractivity contribution in [1.82, 2.24) is 5.32 Å². The smallest absolute Gasteiger partial charge is 0.220 e. The molecule has 2 aliphatic rings. The van der Waals surface area contributed by atoms with Gasteiger partial charge in [-0.2, -0.15) is 0 Å². The van der Waals surface area contributed by atoms with Crippen LogP contribution in [0, 0.1) is 5.92 Å². The lowest BCUT2D eigenvalue weighted by Gasteiger charge is -2.21. The van der Waals surface area contributed by atoms with Gasteiger partial charge in [-0.1, -0.05) is 0 Å². The summed E-state index contributed by atoms with van der Waals surface area (Å²) in [4.78, 5) is 11.7. The number of rotatable bonds is 4. The van der Waals surface area contributed by atoms with E-state index < -0.39 is 0 Å². The summed E-state index contributed by atoms with van der Waals surface area (Å²) in [5.74, 6) is 0.681. The molecule has 4 heteroatoms. The summed E-state index contributed by atoms with van der Waals surface area (Å²) in [6.07, 6.45) is 5.15. The highest BCUT2D eigenvalue weighted by Gasteiger charge is 2.19. The minimum absolute atomic E-state index is 0.169. The Kier molecular flexibility index (Phi) is 4.60. The minimum atomic E-state index is 0.169. The molecule has 1 unspecified atom stereocenters. The Morgan fingerprint density at radius 1 is 1.19 bits per heavy atom. The fourth-order valence-corrected chi connectivity index (χ4v) is 2.32. The first-order valence-electron chi connectivity index (χ1n) is 6.30. The molecule has 0 saturated carbocycles. The van der Waals surface area contributed by atoms with Crippen LogP contribution in [0.25, 0.3) is 0 Å². The molecule has 0 radical (unpaired) electrons. The van der Waals surface area contributed by atoms with Gasteiger partial charge in [0.05, 0.1) is 6.10 Å². The van der Waals surface area contributed by atoms with Gasteiger partial charge in [0.25, 0.3) is 0 Å². The number of carbonyl (C=O) groups excluding carboxylic acids is 1. The summed E-state index contributed by atoms with van der Waals surface area (Å²) in [6, 6.07) is 0. The van der Waals surface area contributed by atoms with Crippen molar-refractivity contribution < 1.29 is 14.3 Å². The Labute approximate surface area is 96.7 Å². The lowest BCUT2D eigenvalue weighted by atomic mass is 9.96. The molecule has 92 valence electrons. The maximum absolute atomic E-state index is 11.7. The first-order valence-corrected chi connectivity index (χ1v) is 6.30. The second-order valence-corrected chi connectivity index (χ2v) is 4.70. The lowest BCUT2D eigenvalue weighted by molar-refractivity contribution is -0.123. The predicted octanol–water partition coefficient (Wildman–Crippen LogP) is 1.10. The second kappa shape index (κ2) is 6.21. The third-order valence-electron chi connectivity index (χ3n) is 3.37. The Hall–Kier alpha value is -0.610. The van der Waals surface area contributed by atoms with Crippen molar-refractivity contribution in [2.45, 2.75) is 38.2 Å². The molecule has 0 spiro atoms. The van der Waals surface area contributed by atoms with Crippen LogP contribution in [0.15, 0.2) is 0 Å². The third-order valence-corrected chi connectivity index (χ3v) is 3.37. The fraction of sp³-hybridized carbons (Fsp3) is 0.917. The van der Waals surface area contributed by atoms with E-state index in [0.717, 1.165) is 45.5 Å². The van der Waals surface area contributed by atoms with Crippen LogP contribution in [0.2, 0.25) is 0 Å². The van der Waals surface area contributed by atoms with Gasteiger partial charge in [0.2, 0.25) is 5.91 Å². The van der Waals surface area contributed by atoms with Gasteiger partial charge in [0.1, 0.15) is 0 Å². The van der Waals surface area contributed by atoms with E-state index in [1.54, 1.807) is 0 Å². The molecule has 16 heavy (non-hydrogen) atoms. The first-order chi connectivity index (χ1) is 7.84. The van der Waals surface area contributed by atoms with E-state index >= 15 is 0 Å². The van der Waals surface area contributed by atoms with Gasteiger partial charge in [0, 0.05) is 32.8 Å². The average molecular weight is 227 g/mol. The molecule has 1 amide bonds. The molecule has 2 aliphatic heterocycles. The molecule has 4 nitrogen and oxygen atoms in total. The van der Waals surface area contributed by atoms with Gasteiger partial charge < -0.3 is 14.8 Å². The van der Waals surface area contributed by atoms with E-state index in [-0.39, 0.29) is 12.0 Å². The van der Waals surface area contributed by atoms with Crippen molar-refractivity contribution in [3.05, 3.63) is 0 Å². The standard InChI is InChI=1S/C12H21NO3/c14-12(8-10-3-6-15-7-4-10)13-9-11-2-1-5-16-11/h10-11H,1-9H2,(H,13,14). The van der Waals surface area contributed by atoms with Crippen LogP contribution in [0.5, 0.6) is 0 Å². The third kappa shape index (κ3) is 3.76. The van der Waals surface area contributed by atoms with Crippen LogP contribution in [0.1, 0.15) is 32.1 Å². The fourth-order valence-electron chi connectivity index (χ4n) is 2.32. The molecule has 0 aromatic heterocycles. The quantitative estimate of drug-likeness (QED) is 0.782. The summed E-state index contributed by atoms with van der Waals surface area (Å²) in [7, 11) is 0. The average Bonchev–Trinajstić information content (AvgIpc) is 2.81. The van der Waals surface area contributed by atoms with Gasteiger partial charge in [-0.15, -0.1) is 0 Å². The topological polar surface area (TPSA) is 47.6 Å². The minimum Gasteiger partial charge on any atom is -0.381 e. The summed E-state index contributed by atoms with van der Waals surface area (Å²) >= 11 is 0. The number of nitrogens with one attached hydrogen (secondary N) is 1. The number of amides is 1. The van der Waals surface area contributed by atoms with Crippen LogP contribution in [0.4, 0.5) is 0 Å². The van der Waals surface area contributed by atoms with E-state index in [4.69, 9.17) is 9.47 Å². The van der Waals surface area contributed by atoms with Crippen molar-refractivity contribution in [2.24, 2.45) is 5.92 Å². The molecule has 0 aromatic rings. The van der Waals surface area contributed by atoms with Crippen LogP contribution in [0.3, 0.4) is 0 Å². The van der Waals surface area contributed by atoms with Gasteiger partial charge in [-0.3, -0.25) is 4.79 Å². The second-order valence-electron chi connectivity index (χ2n) is 4.70. The first kappa shape index (κ1) is 11.9. The zero-order valence-electron chi connectivity index (χ0n) is 9.74. The molecule has 1 N–H and O–H groups in total. The van der Waals surface area contributed by atoms with Crippen LogP contribution < -0.4 is 5.32 Å². The molecule has 2 fully saturated rings. The molecule has 2 rings (SSSR count). The molecule has 2 saturated heterocycles. The number of hydrogen-bond donors (Lipinski definition) is 1. The molecule has 0 bridgehead atoms. The van der Waals surface area contributed by atoms with Crippen molar-refractivity contribution in [1.29, 1.82) is 0 Å². The molecular weight excluding hydrogens is 206 g/mol. The Balaban J connectivity index is 1.59. The van der Waals surface area contributed by atoms with Gasteiger partial charge in [0.15, 0.2) is 0 Å². The zero-order chi connectivity index (χ0) is 11.2. The van der Waals surface area contributed by atoms with Gasteiger partial charge in [-0.25, -0.2) is 0 Å². The van der Waals surface area contributed by atoms with Crippen LogP contribution >= 0.6 is 0 Å². The van der Waals surface area contributed by atoms with Crippen molar-refractivity contribution in [3.63, 3.8) is 0 Å². The van der Waals surface area contributed by atoms with Crippen LogP contribution in [-0.4, -0.2) is 38.4 Å². The van der Waals surface area contributed by atoms with Gasteiger partial charge >= 0.3 is 0 Å². The predicted molar refractivity (Wildman–Crippen MR) is 60.1 cm³/mol. The molecule has 2 heterocycles. The highest BCUT2D eigenvalue weighted by molar-refractivity contribution is 5.76. The molecule has 0 aliphatic carbocycles. The van der Waals surface area contributed by atoms with Crippen molar-refractivity contribution in [3.8, 4) is 0 Å². The summed E-state index contributed by atoms with van der Waals surface area (Å²) in [6.45, 7) is 3.15. The Bertz CT molecular complexity index is 220. The van der Waals surface area contributed by atoms with Crippen molar-refractivity contribution >= 4 is 5.91 Å². The molecule has 0 aromatic carbocycles. The van der Waals surface area contributed by atoms with E-state index in [2.05, 4.69) is 5.32 Å². The summed E-state index contributed by atoms with van der Waals surface area (Å²) in [5.41, 5.74) is 0. The number of ether oxygens (including phenoxy) is 2. The van der Waals surface area contributed by atoms with E-state index in [1.807, 2.05) is 0 Å². The molecular formula is C12H21NO3. The summed E-state index contributed by atoms with van der Waals surface area (Å²) in [5, 5.41) is 2.97. The van der Waals surface area contributed by atoms with E-state index in [0.29, 0.717) is 18.9 Å². The van der Waals surface area contributed by atoms with E-state index in [9.17, 15) is 4.79 Å². The van der Waals surface area contributed by atoms with Gasteiger partial charge in [-0.05, 0) is 31.6 Å². The Morgan fingerprint density at radius 2 is 2.00 bits per heavy atom. The zero-order valence-corrected chi connectivity index (χ0v) is 9.74. The monoisotopic (exact) mass is 227 g/mol. The van der Waals surface area contributed by atoms with E-state index in [1.165, 1.54) is 0 Å². The highest BCUT2D eigenvalue weighted by atomic mass is 16.5. The Morgan fingerprint density at radius 3 is 2.69 bits per heavy atom. The number of carbonyl (C=O) groups is 1. The number of hydrogen-bond acceptors (Lipinski definition) is 3. The maximum Gasteiger partial charge on any atom is 0.220 e. The van der Waals surface area contributed by atoms with Crippen molar-refractivity contribution in [2.75, 3.05) is 26.4 Å². The lowest BCUT2D eigenvalue weighted by Crippen LogP contribution is -2.33. The molecule has 1 atom stereocenters. The normalized spacial score (nSPS) is 26.9. The highest BCUT2D eigenvalue weighted by Crippen LogP contribution is 2.18. The largest absolute Gasteiger partial charge is 0.381 e. The SMILES string of the molecule is O=C(CC1CCOCC1)NCC1CCCO1. The summed E-state index contributed by atoms with van der Waals surface area (Å²) < 4.78 is 10.7. The maximum atomic E-state index is 11.7. The van der Waals surface area contributed by atoms with Crippen LogP contribution in [-0.2, 0) is 14.3 Å².